The smallest absolute Gasteiger partial charge is 0.361 e. The molecule has 0 aliphatic carbocycles. The summed E-state index contributed by atoms with van der Waals surface area (Å²) in [5.74, 6) is 0.796. The van der Waals surface area contributed by atoms with Gasteiger partial charge in [0.25, 0.3) is 0 Å². The fourth-order valence-electron chi connectivity index (χ4n) is 5.43. The molecule has 1 fully saturated rings. The number of benzene rings is 2. The molecule has 0 spiro atoms. The van der Waals surface area contributed by atoms with Crippen molar-refractivity contribution >= 4 is 10.9 Å². The Morgan fingerprint density at radius 2 is 1.88 bits per heavy atom. The van der Waals surface area contributed by atoms with Gasteiger partial charge in [0.05, 0.1) is 6.54 Å². The fraction of sp³-hybridized carbons (Fsp3) is 0.400. The Kier molecular flexibility index (Phi) is 5.89. The molecule has 2 aromatic carbocycles. The number of tetrazole rings is 1. The molecule has 4 aromatic rings. The summed E-state index contributed by atoms with van der Waals surface area (Å²) >= 11 is 0. The molecule has 1 aliphatic heterocycles. The summed E-state index contributed by atoms with van der Waals surface area (Å²) in [4.78, 5) is 4.88. The average molecular weight is 469 g/mol. The van der Waals surface area contributed by atoms with Crippen LogP contribution in [0, 0.1) is 19.8 Å². The molecule has 2 N–H and O–H groups in total. The number of likely N-dealkylation sites (tertiary alicyclic amines) is 1. The molecular weight excluding hydrogens is 441 g/mol. The van der Waals surface area contributed by atoms with E-state index >= 15 is 0 Å². The molecule has 0 unspecified atom stereocenters. The van der Waals surface area contributed by atoms with E-state index in [1.54, 1.807) is 4.90 Å². The van der Waals surface area contributed by atoms with Gasteiger partial charge in [0.2, 0.25) is 0 Å². The number of aromatic amines is 2. The molecule has 6 nitrogen and oxygen atoms in total. The van der Waals surface area contributed by atoms with Gasteiger partial charge in [-0.1, -0.05) is 30.3 Å². The molecule has 2 atom stereocenters. The Morgan fingerprint density at radius 1 is 1.09 bits per heavy atom. The number of halogens is 3. The summed E-state index contributed by atoms with van der Waals surface area (Å²) in [6.45, 7) is 4.18. The van der Waals surface area contributed by atoms with Gasteiger partial charge in [-0.05, 0) is 83.8 Å². The van der Waals surface area contributed by atoms with Crippen LogP contribution in [0.4, 0.5) is 13.2 Å². The van der Waals surface area contributed by atoms with E-state index < -0.39 is 12.7 Å². The van der Waals surface area contributed by atoms with Gasteiger partial charge in [-0.25, -0.2) is 5.10 Å². The van der Waals surface area contributed by atoms with E-state index in [2.05, 4.69) is 51.6 Å². The zero-order chi connectivity index (χ0) is 23.9. The summed E-state index contributed by atoms with van der Waals surface area (Å²) < 4.78 is 39.6. The van der Waals surface area contributed by atoms with Gasteiger partial charge in [0.15, 0.2) is 5.82 Å². The first-order valence-electron chi connectivity index (χ1n) is 11.5. The predicted octanol–water partition coefficient (Wildman–Crippen LogP) is 5.18. The lowest BCUT2D eigenvalue weighted by molar-refractivity contribution is -0.149. The van der Waals surface area contributed by atoms with Gasteiger partial charge in [-0.3, -0.25) is 4.90 Å². The van der Waals surface area contributed by atoms with Crippen LogP contribution in [0.25, 0.3) is 22.3 Å². The average Bonchev–Trinajstić information content (AvgIpc) is 3.49. The largest absolute Gasteiger partial charge is 0.401 e. The van der Waals surface area contributed by atoms with Crippen molar-refractivity contribution in [2.24, 2.45) is 5.92 Å². The maximum absolute atomic E-state index is 13.2. The zero-order valence-corrected chi connectivity index (χ0v) is 19.2. The highest BCUT2D eigenvalue weighted by Crippen LogP contribution is 2.38. The number of nitrogens with zero attached hydrogens (tertiary/aromatic N) is 4. The standard InChI is InChI=1S/C25H27F3N6/c1-15-11-16(2)23-20(7-9-29-23)21(15)12-19-8-10-34(14-25(26,27)28)13-22(19)17-3-5-18(6-4-17)24-30-32-33-31-24/h3-7,9,11,19,22,29H,8,10,12-14H2,1-2H3,(H,30,31,32,33)/t19-,22-/m0/s1. The van der Waals surface area contributed by atoms with E-state index in [-0.39, 0.29) is 11.8 Å². The van der Waals surface area contributed by atoms with Crippen molar-refractivity contribution in [3.05, 3.63) is 64.8 Å². The van der Waals surface area contributed by atoms with Gasteiger partial charge in [0.1, 0.15) is 0 Å². The third-order valence-corrected chi connectivity index (χ3v) is 7.04. The normalized spacial score (nSPS) is 19.7. The topological polar surface area (TPSA) is 73.5 Å². The van der Waals surface area contributed by atoms with Crippen molar-refractivity contribution < 1.29 is 13.2 Å². The number of hydrogen-bond acceptors (Lipinski definition) is 4. The highest BCUT2D eigenvalue weighted by atomic mass is 19.4. The summed E-state index contributed by atoms with van der Waals surface area (Å²) in [6.07, 6.45) is -0.695. The van der Waals surface area contributed by atoms with Crippen molar-refractivity contribution in [3.63, 3.8) is 0 Å². The summed E-state index contributed by atoms with van der Waals surface area (Å²) in [7, 11) is 0. The van der Waals surface area contributed by atoms with E-state index in [1.807, 2.05) is 30.5 Å². The SMILES string of the molecule is Cc1cc(C)c2[nH]ccc2c1C[C@@H]1CCN(CC(F)(F)F)C[C@H]1c1ccc(-c2nnn[nH]2)cc1. The Labute approximate surface area is 195 Å². The minimum Gasteiger partial charge on any atom is -0.361 e. The molecular formula is C25H27F3N6. The zero-order valence-electron chi connectivity index (χ0n) is 19.2. The molecule has 0 bridgehead atoms. The van der Waals surface area contributed by atoms with Gasteiger partial charge in [-0.15, -0.1) is 5.10 Å². The van der Waals surface area contributed by atoms with Crippen molar-refractivity contribution in [1.82, 2.24) is 30.5 Å². The molecule has 1 saturated heterocycles. The molecule has 5 rings (SSSR count). The van der Waals surface area contributed by atoms with Crippen molar-refractivity contribution in [3.8, 4) is 11.4 Å². The second kappa shape index (κ2) is 8.87. The highest BCUT2D eigenvalue weighted by Gasteiger charge is 2.37. The predicted molar refractivity (Wildman–Crippen MR) is 124 cm³/mol. The molecule has 9 heteroatoms. The molecule has 0 radical (unpaired) electrons. The van der Waals surface area contributed by atoms with Gasteiger partial charge in [-0.2, -0.15) is 13.2 Å². The quantitative estimate of drug-likeness (QED) is 0.424. The molecule has 0 amide bonds. The van der Waals surface area contributed by atoms with Gasteiger partial charge >= 0.3 is 6.18 Å². The number of alkyl halides is 3. The molecule has 2 aromatic heterocycles. The number of nitrogens with one attached hydrogen (secondary N) is 2. The Morgan fingerprint density at radius 3 is 2.59 bits per heavy atom. The molecule has 178 valence electrons. The van der Waals surface area contributed by atoms with Gasteiger partial charge in [0, 0.05) is 29.2 Å². The third kappa shape index (κ3) is 4.57. The molecule has 34 heavy (non-hydrogen) atoms. The van der Waals surface area contributed by atoms with E-state index in [9.17, 15) is 13.2 Å². The summed E-state index contributed by atoms with van der Waals surface area (Å²) in [6, 6.07) is 12.2. The first-order valence-corrected chi connectivity index (χ1v) is 11.5. The maximum Gasteiger partial charge on any atom is 0.401 e. The number of piperidine rings is 1. The van der Waals surface area contributed by atoms with Crippen molar-refractivity contribution in [2.45, 2.75) is 38.8 Å². The summed E-state index contributed by atoms with van der Waals surface area (Å²) in [5.41, 5.74) is 6.74. The number of aromatic nitrogens is 5. The Hall–Kier alpha value is -3.20. The van der Waals surface area contributed by atoms with Gasteiger partial charge < -0.3 is 4.98 Å². The lowest BCUT2D eigenvalue weighted by Gasteiger charge is -2.39. The summed E-state index contributed by atoms with van der Waals surface area (Å²) in [5, 5.41) is 15.1. The Bertz CT molecular complexity index is 1260. The number of rotatable bonds is 5. The van der Waals surface area contributed by atoms with E-state index in [1.165, 1.54) is 22.1 Å². The number of hydrogen-bond donors (Lipinski definition) is 2. The van der Waals surface area contributed by atoms with Crippen molar-refractivity contribution in [2.75, 3.05) is 19.6 Å². The van der Waals surface area contributed by atoms with E-state index in [0.29, 0.717) is 25.3 Å². The van der Waals surface area contributed by atoms with Crippen LogP contribution < -0.4 is 0 Å². The molecule has 3 heterocycles. The second-order valence-electron chi connectivity index (χ2n) is 9.34. The van der Waals surface area contributed by atoms with Crippen molar-refractivity contribution in [1.29, 1.82) is 0 Å². The minimum absolute atomic E-state index is 0.00676. The van der Waals surface area contributed by atoms with Crippen LogP contribution in [0.2, 0.25) is 0 Å². The minimum atomic E-state index is -4.20. The first kappa shape index (κ1) is 22.6. The van der Waals surface area contributed by atoms with Crippen LogP contribution in [0.3, 0.4) is 0 Å². The lowest BCUT2D eigenvalue weighted by atomic mass is 9.76. The van der Waals surface area contributed by atoms with Crippen LogP contribution in [-0.4, -0.2) is 56.3 Å². The molecule has 1 aliphatic rings. The second-order valence-corrected chi connectivity index (χ2v) is 9.34. The monoisotopic (exact) mass is 468 g/mol. The highest BCUT2D eigenvalue weighted by molar-refractivity contribution is 5.87. The van der Waals surface area contributed by atoms with Crippen LogP contribution in [0.15, 0.2) is 42.6 Å². The lowest BCUT2D eigenvalue weighted by Crippen LogP contribution is -2.44. The van der Waals surface area contributed by atoms with Crippen LogP contribution >= 0.6 is 0 Å². The van der Waals surface area contributed by atoms with E-state index in [0.717, 1.165) is 23.1 Å². The number of aryl methyl sites for hydroxylation is 2. The third-order valence-electron chi connectivity index (χ3n) is 7.04. The van der Waals surface area contributed by atoms with Crippen LogP contribution in [0.5, 0.6) is 0 Å². The Balaban J connectivity index is 1.46. The van der Waals surface area contributed by atoms with Crippen LogP contribution in [-0.2, 0) is 6.42 Å². The maximum atomic E-state index is 13.2. The first-order chi connectivity index (χ1) is 16.3. The number of fused-ring (bicyclic) bond motifs is 1. The molecule has 0 saturated carbocycles. The number of H-pyrrole nitrogens is 2. The van der Waals surface area contributed by atoms with Crippen LogP contribution in [0.1, 0.15) is 34.6 Å². The van der Waals surface area contributed by atoms with E-state index in [4.69, 9.17) is 0 Å². The fourth-order valence-corrected chi connectivity index (χ4v) is 5.43.